The fraction of sp³-hybridized carbons (Fsp3) is 0.391. The summed E-state index contributed by atoms with van der Waals surface area (Å²) in [7, 11) is 0. The Bertz CT molecular complexity index is 1210. The fourth-order valence-electron chi connectivity index (χ4n) is 4.29. The molecule has 0 unspecified atom stereocenters. The van der Waals surface area contributed by atoms with Gasteiger partial charge in [0.2, 0.25) is 0 Å². The van der Waals surface area contributed by atoms with Crippen LogP contribution in [0.5, 0.6) is 0 Å². The maximum Gasteiger partial charge on any atom is 0.357 e. The molecule has 0 atom stereocenters. The molecule has 168 valence electrons. The summed E-state index contributed by atoms with van der Waals surface area (Å²) in [6.45, 7) is 2.30. The van der Waals surface area contributed by atoms with E-state index in [-0.39, 0.29) is 19.0 Å². The molecule has 9 heteroatoms. The van der Waals surface area contributed by atoms with Crippen LogP contribution in [-0.4, -0.2) is 46.5 Å². The predicted octanol–water partition coefficient (Wildman–Crippen LogP) is 3.98. The van der Waals surface area contributed by atoms with Crippen LogP contribution in [-0.2, 0) is 6.54 Å². The van der Waals surface area contributed by atoms with Crippen LogP contribution < -0.4 is 10.5 Å². The summed E-state index contributed by atoms with van der Waals surface area (Å²) in [5.74, 6) is 0.396. The number of nitro groups is 1. The lowest BCUT2D eigenvalue weighted by molar-refractivity contribution is -0.385. The summed E-state index contributed by atoms with van der Waals surface area (Å²) in [6, 6.07) is 11.1. The number of carbonyl (C=O) groups is 1. The van der Waals surface area contributed by atoms with Crippen molar-refractivity contribution in [2.24, 2.45) is 5.92 Å². The molecule has 2 aliphatic rings. The average molecular weight is 455 g/mol. The number of piperazine rings is 1. The van der Waals surface area contributed by atoms with E-state index in [1.54, 1.807) is 15.5 Å². The van der Waals surface area contributed by atoms with Crippen molar-refractivity contribution in [1.29, 1.82) is 0 Å². The molecule has 0 bridgehead atoms. The third-order valence-corrected chi connectivity index (χ3v) is 6.92. The fourth-order valence-corrected chi connectivity index (χ4v) is 4.98. The van der Waals surface area contributed by atoms with E-state index in [2.05, 4.69) is 0 Å². The Hall–Kier alpha value is -3.20. The number of aromatic nitrogens is 1. The molecular formula is C23H26N4O4S. The number of hydrogen-bond donors (Lipinski definition) is 0. The van der Waals surface area contributed by atoms with Crippen molar-refractivity contribution < 1.29 is 9.72 Å². The van der Waals surface area contributed by atoms with Crippen molar-refractivity contribution >= 4 is 39.5 Å². The molecule has 5 rings (SSSR count). The molecule has 1 aliphatic heterocycles. The number of amides is 1. The van der Waals surface area contributed by atoms with Gasteiger partial charge >= 0.3 is 11.2 Å². The molecule has 32 heavy (non-hydrogen) atoms. The van der Waals surface area contributed by atoms with Crippen molar-refractivity contribution in [1.82, 2.24) is 9.47 Å². The van der Waals surface area contributed by atoms with Gasteiger partial charge in [-0.2, -0.15) is 0 Å². The van der Waals surface area contributed by atoms with E-state index in [9.17, 15) is 19.7 Å². The van der Waals surface area contributed by atoms with E-state index in [0.29, 0.717) is 54.6 Å². The molecule has 1 saturated heterocycles. The van der Waals surface area contributed by atoms with Crippen molar-refractivity contribution in [3.63, 3.8) is 0 Å². The number of carbonyl (C=O) groups excluding carboxylic acids is 1. The second-order valence-corrected chi connectivity index (χ2v) is 9.03. The first-order valence-corrected chi connectivity index (χ1v) is 11.3. The lowest BCUT2D eigenvalue weighted by atomic mass is 10.1. The van der Waals surface area contributed by atoms with Gasteiger partial charge in [-0.1, -0.05) is 31.7 Å². The van der Waals surface area contributed by atoms with Crippen molar-refractivity contribution in [2.45, 2.75) is 26.8 Å². The summed E-state index contributed by atoms with van der Waals surface area (Å²) in [5, 5.41) is 14.6. The number of fused-ring (bicyclic) bond motifs is 1. The zero-order chi connectivity index (χ0) is 21.5. The van der Waals surface area contributed by atoms with Crippen molar-refractivity contribution in [3.8, 4) is 0 Å². The second kappa shape index (κ2) is 8.74. The number of rotatable bonds is 5. The number of benzene rings is 1. The molecule has 0 N–H and O–H groups in total. The average Bonchev–Trinajstić information content (AvgIpc) is 3.43. The molecule has 1 aromatic carbocycles. The highest BCUT2D eigenvalue weighted by Crippen LogP contribution is 2.36. The van der Waals surface area contributed by atoms with Gasteiger partial charge in [-0.25, -0.2) is 0 Å². The summed E-state index contributed by atoms with van der Waals surface area (Å²) >= 11 is 1.41. The van der Waals surface area contributed by atoms with E-state index in [1.807, 2.05) is 40.6 Å². The SMILES string of the molecule is C.O=C(c1cccs1)N1CCN(c2c([N+](=O)[O-])c(=O)n(CC3CC3)c3ccccc23)CC1. The van der Waals surface area contributed by atoms with Gasteiger partial charge in [0.25, 0.3) is 5.91 Å². The Balaban J connectivity index is 0.00000245. The van der Waals surface area contributed by atoms with Gasteiger partial charge in [-0.15, -0.1) is 11.3 Å². The first kappa shape index (κ1) is 22.0. The van der Waals surface area contributed by atoms with Gasteiger partial charge in [0.05, 0.1) is 15.3 Å². The van der Waals surface area contributed by atoms with Gasteiger partial charge in [-0.3, -0.25) is 19.7 Å². The predicted molar refractivity (Wildman–Crippen MR) is 127 cm³/mol. The molecule has 1 saturated carbocycles. The highest BCUT2D eigenvalue weighted by Gasteiger charge is 2.33. The zero-order valence-corrected chi connectivity index (χ0v) is 17.7. The van der Waals surface area contributed by atoms with Gasteiger partial charge < -0.3 is 14.4 Å². The van der Waals surface area contributed by atoms with Crippen molar-refractivity contribution in [2.75, 3.05) is 31.1 Å². The first-order chi connectivity index (χ1) is 15.0. The lowest BCUT2D eigenvalue weighted by Crippen LogP contribution is -2.49. The standard InChI is InChI=1S/C22H22N4O4S.CH4/c27-21(18-6-3-13-31-18)24-11-9-23(10-12-24)19-16-4-1-2-5-17(16)25(14-15-7-8-15)22(28)20(19)26(29)30;/h1-6,13,15H,7-12,14H2;1H4. The van der Waals surface area contributed by atoms with Crippen LogP contribution in [0.25, 0.3) is 10.9 Å². The minimum atomic E-state index is -0.545. The monoisotopic (exact) mass is 454 g/mol. The maximum atomic E-state index is 13.2. The molecular weight excluding hydrogens is 428 g/mol. The normalized spacial score (nSPS) is 16.1. The number of anilines is 1. The Kier molecular flexibility index (Phi) is 6.01. The Morgan fingerprint density at radius 2 is 1.81 bits per heavy atom. The van der Waals surface area contributed by atoms with Gasteiger partial charge in [0.1, 0.15) is 5.69 Å². The number of para-hydroxylation sites is 1. The summed E-state index contributed by atoms with van der Waals surface area (Å²) < 4.78 is 1.57. The van der Waals surface area contributed by atoms with Crippen LogP contribution in [0.2, 0.25) is 0 Å². The molecule has 1 amide bonds. The minimum Gasteiger partial charge on any atom is -0.362 e. The van der Waals surface area contributed by atoms with Crippen LogP contribution in [0.4, 0.5) is 11.4 Å². The minimum absolute atomic E-state index is 0. The number of thiophene rings is 1. The number of pyridine rings is 1. The van der Waals surface area contributed by atoms with E-state index >= 15 is 0 Å². The van der Waals surface area contributed by atoms with E-state index < -0.39 is 10.5 Å². The molecule has 2 fully saturated rings. The molecule has 0 spiro atoms. The number of hydrogen-bond acceptors (Lipinski definition) is 6. The van der Waals surface area contributed by atoms with Crippen LogP contribution in [0, 0.1) is 16.0 Å². The van der Waals surface area contributed by atoms with E-state index in [0.717, 1.165) is 18.4 Å². The van der Waals surface area contributed by atoms with Gasteiger partial charge in [-0.05, 0) is 36.3 Å². The Morgan fingerprint density at radius 1 is 1.09 bits per heavy atom. The van der Waals surface area contributed by atoms with Crippen molar-refractivity contribution in [3.05, 3.63) is 67.1 Å². The van der Waals surface area contributed by atoms with Gasteiger partial charge in [0.15, 0.2) is 0 Å². The molecule has 0 radical (unpaired) electrons. The van der Waals surface area contributed by atoms with Gasteiger partial charge in [0, 0.05) is 38.1 Å². The summed E-state index contributed by atoms with van der Waals surface area (Å²) in [6.07, 6.45) is 2.10. The number of nitrogens with zero attached hydrogens (tertiary/aromatic N) is 4. The van der Waals surface area contributed by atoms with Crippen LogP contribution in [0.1, 0.15) is 29.9 Å². The molecule has 8 nitrogen and oxygen atoms in total. The van der Waals surface area contributed by atoms with Crippen LogP contribution in [0.15, 0.2) is 46.6 Å². The third-order valence-electron chi connectivity index (χ3n) is 6.06. The smallest absolute Gasteiger partial charge is 0.357 e. The molecule has 3 heterocycles. The topological polar surface area (TPSA) is 88.7 Å². The molecule has 1 aliphatic carbocycles. The maximum absolute atomic E-state index is 13.2. The van der Waals surface area contributed by atoms with E-state index in [4.69, 9.17) is 0 Å². The largest absolute Gasteiger partial charge is 0.362 e. The second-order valence-electron chi connectivity index (χ2n) is 8.09. The Morgan fingerprint density at radius 3 is 2.44 bits per heavy atom. The zero-order valence-electron chi connectivity index (χ0n) is 16.9. The third kappa shape index (κ3) is 3.88. The highest BCUT2D eigenvalue weighted by atomic mass is 32.1. The summed E-state index contributed by atoms with van der Waals surface area (Å²) in [4.78, 5) is 41.7. The highest BCUT2D eigenvalue weighted by molar-refractivity contribution is 7.12. The molecule has 2 aromatic heterocycles. The Labute approximate surface area is 189 Å². The quantitative estimate of drug-likeness (QED) is 0.430. The summed E-state index contributed by atoms with van der Waals surface area (Å²) in [5.41, 5.74) is 0.207. The van der Waals surface area contributed by atoms with Crippen LogP contribution in [0.3, 0.4) is 0 Å². The first-order valence-electron chi connectivity index (χ1n) is 10.4. The lowest BCUT2D eigenvalue weighted by Gasteiger charge is -2.36. The van der Waals surface area contributed by atoms with Crippen LogP contribution >= 0.6 is 11.3 Å². The molecule has 3 aromatic rings. The van der Waals surface area contributed by atoms with E-state index in [1.165, 1.54) is 11.3 Å².